The highest BCUT2D eigenvalue weighted by Crippen LogP contribution is 2.45. The van der Waals surface area contributed by atoms with Gasteiger partial charge in [-0.15, -0.1) is 4.91 Å². The number of aromatic hydroxyl groups is 2. The van der Waals surface area contributed by atoms with Crippen LogP contribution in [0.25, 0.3) is 33.1 Å². The van der Waals surface area contributed by atoms with Gasteiger partial charge in [-0.1, -0.05) is 0 Å². The van der Waals surface area contributed by atoms with Gasteiger partial charge in [0.05, 0.1) is 11.3 Å². The third kappa shape index (κ3) is 1.83. The van der Waals surface area contributed by atoms with Crippen LogP contribution in [0.4, 0.5) is 11.4 Å². The Morgan fingerprint density at radius 1 is 0.957 bits per heavy atom. The number of hydrogen-bond donors (Lipinski definition) is 5. The van der Waals surface area contributed by atoms with E-state index in [0.29, 0.717) is 38.8 Å². The summed E-state index contributed by atoms with van der Waals surface area (Å²) in [5.41, 5.74) is 8.58. The van der Waals surface area contributed by atoms with Gasteiger partial charge in [-0.3, -0.25) is 0 Å². The number of hydrogen-bond acceptors (Lipinski definition) is 5. The molecule has 2 aromatic heterocycles. The first-order chi connectivity index (χ1) is 11.1. The molecule has 7 heteroatoms. The van der Waals surface area contributed by atoms with Gasteiger partial charge in [-0.05, 0) is 41.6 Å². The summed E-state index contributed by atoms with van der Waals surface area (Å²) in [5, 5.41) is 24.1. The summed E-state index contributed by atoms with van der Waals surface area (Å²) in [6.07, 6.45) is 0. The number of aromatic amines is 2. The molecule has 0 spiro atoms. The van der Waals surface area contributed by atoms with Crippen LogP contribution >= 0.6 is 0 Å². The maximum Gasteiger partial charge on any atom is 0.199 e. The van der Waals surface area contributed by atoms with Crippen molar-refractivity contribution in [2.45, 2.75) is 0 Å². The number of nitroso groups, excluding NO2 is 1. The van der Waals surface area contributed by atoms with Gasteiger partial charge in [-0.25, -0.2) is 0 Å². The fourth-order valence-corrected chi connectivity index (χ4v) is 2.89. The monoisotopic (exact) mass is 308 g/mol. The highest BCUT2D eigenvalue weighted by molar-refractivity contribution is 6.08. The molecule has 4 aromatic rings. The van der Waals surface area contributed by atoms with Crippen molar-refractivity contribution in [1.82, 2.24) is 9.97 Å². The second-order valence-corrected chi connectivity index (χ2v) is 5.32. The maximum atomic E-state index is 11.4. The normalized spacial score (nSPS) is 11.3. The molecule has 23 heavy (non-hydrogen) atoms. The number of nitrogens with one attached hydrogen (secondary N) is 2. The lowest BCUT2D eigenvalue weighted by Gasteiger charge is -1.99. The van der Waals surface area contributed by atoms with Crippen LogP contribution in [-0.2, 0) is 0 Å². The number of H-pyrrole nitrogens is 2. The largest absolute Gasteiger partial charge is 0.508 e. The van der Waals surface area contributed by atoms with E-state index < -0.39 is 0 Å². The standard InChI is InChI=1S/C16H12N4O3/c17-7-1-3-11-9(5-7)13(16(22)19-11)15-14(20-23)10-6-8(21)2-4-12(10)18-15/h1-6,18-19,21-22H,17H2. The van der Waals surface area contributed by atoms with E-state index in [2.05, 4.69) is 15.1 Å². The summed E-state index contributed by atoms with van der Waals surface area (Å²) in [4.78, 5) is 17.3. The lowest BCUT2D eigenvalue weighted by Crippen LogP contribution is -1.83. The number of rotatable bonds is 2. The van der Waals surface area contributed by atoms with Gasteiger partial charge in [-0.2, -0.15) is 0 Å². The van der Waals surface area contributed by atoms with Crippen LogP contribution < -0.4 is 5.73 Å². The first-order valence-corrected chi connectivity index (χ1v) is 6.87. The Morgan fingerprint density at radius 3 is 2.48 bits per heavy atom. The Bertz CT molecular complexity index is 1080. The number of benzene rings is 2. The Hall–Kier alpha value is -3.48. The van der Waals surface area contributed by atoms with Gasteiger partial charge < -0.3 is 25.9 Å². The zero-order valence-electron chi connectivity index (χ0n) is 11.8. The number of nitrogen functional groups attached to an aromatic ring is 1. The van der Waals surface area contributed by atoms with Crippen LogP contribution in [0.15, 0.2) is 41.6 Å². The van der Waals surface area contributed by atoms with Crippen molar-refractivity contribution >= 4 is 33.2 Å². The van der Waals surface area contributed by atoms with E-state index in [1.807, 2.05) is 0 Å². The van der Waals surface area contributed by atoms with Crippen molar-refractivity contribution in [2.75, 3.05) is 5.73 Å². The van der Waals surface area contributed by atoms with Crippen LogP contribution in [0.2, 0.25) is 0 Å². The molecular formula is C16H12N4O3. The van der Waals surface area contributed by atoms with Crippen molar-refractivity contribution < 1.29 is 10.2 Å². The quantitative estimate of drug-likeness (QED) is 0.285. The number of anilines is 1. The highest BCUT2D eigenvalue weighted by Gasteiger charge is 2.21. The molecule has 0 saturated heterocycles. The van der Waals surface area contributed by atoms with E-state index in [0.717, 1.165) is 0 Å². The first-order valence-electron chi connectivity index (χ1n) is 6.87. The molecule has 2 heterocycles. The van der Waals surface area contributed by atoms with Crippen molar-refractivity contribution in [3.05, 3.63) is 41.3 Å². The van der Waals surface area contributed by atoms with Gasteiger partial charge in [0.15, 0.2) is 5.88 Å². The number of phenols is 1. The minimum Gasteiger partial charge on any atom is -0.508 e. The van der Waals surface area contributed by atoms with Crippen LogP contribution in [0, 0.1) is 4.91 Å². The number of phenolic OH excluding ortho intramolecular Hbond substituents is 1. The average molecular weight is 308 g/mol. The summed E-state index contributed by atoms with van der Waals surface area (Å²) in [5.74, 6) is -0.0633. The van der Waals surface area contributed by atoms with Gasteiger partial charge >= 0.3 is 0 Å². The molecule has 0 aliphatic rings. The molecule has 2 aromatic carbocycles. The minimum atomic E-state index is -0.0914. The maximum absolute atomic E-state index is 11.4. The van der Waals surface area contributed by atoms with E-state index >= 15 is 0 Å². The number of nitrogens with two attached hydrogens (primary N) is 1. The molecule has 114 valence electrons. The Morgan fingerprint density at radius 2 is 1.70 bits per heavy atom. The molecule has 0 aliphatic heterocycles. The molecule has 0 amide bonds. The Balaban J connectivity index is 2.12. The summed E-state index contributed by atoms with van der Waals surface area (Å²) < 4.78 is 0. The van der Waals surface area contributed by atoms with E-state index in [1.54, 1.807) is 24.3 Å². The van der Waals surface area contributed by atoms with Gasteiger partial charge in [0.2, 0.25) is 0 Å². The summed E-state index contributed by atoms with van der Waals surface area (Å²) in [7, 11) is 0. The molecule has 0 radical (unpaired) electrons. The fraction of sp³-hybridized carbons (Fsp3) is 0. The number of nitrogens with zero attached hydrogens (tertiary/aromatic N) is 1. The molecule has 0 bridgehead atoms. The highest BCUT2D eigenvalue weighted by atomic mass is 16.3. The van der Waals surface area contributed by atoms with E-state index in [4.69, 9.17) is 5.73 Å². The predicted molar refractivity (Wildman–Crippen MR) is 88.8 cm³/mol. The fourth-order valence-electron chi connectivity index (χ4n) is 2.89. The molecule has 7 nitrogen and oxygen atoms in total. The molecule has 0 saturated carbocycles. The second kappa shape index (κ2) is 4.51. The summed E-state index contributed by atoms with van der Waals surface area (Å²) in [6.45, 7) is 0. The number of fused-ring (bicyclic) bond motifs is 2. The second-order valence-electron chi connectivity index (χ2n) is 5.32. The van der Waals surface area contributed by atoms with Gasteiger partial charge in [0.1, 0.15) is 11.4 Å². The minimum absolute atomic E-state index is 0.0281. The summed E-state index contributed by atoms with van der Waals surface area (Å²) in [6, 6.07) is 9.76. The molecule has 0 atom stereocenters. The van der Waals surface area contributed by atoms with E-state index in [9.17, 15) is 15.1 Å². The topological polar surface area (TPSA) is 127 Å². The molecule has 0 aliphatic carbocycles. The zero-order valence-corrected chi connectivity index (χ0v) is 11.8. The lowest BCUT2D eigenvalue weighted by molar-refractivity contribution is 0.460. The Kier molecular flexibility index (Phi) is 2.59. The third-order valence-electron chi connectivity index (χ3n) is 3.90. The Labute approximate surface area is 129 Å². The van der Waals surface area contributed by atoms with Gasteiger partial charge in [0, 0.05) is 27.5 Å². The van der Waals surface area contributed by atoms with Crippen molar-refractivity contribution in [3.63, 3.8) is 0 Å². The SMILES string of the molecule is Nc1ccc2[nH]c(O)c(-c3[nH]c4ccc(O)cc4c3N=O)c2c1. The molecule has 6 N–H and O–H groups in total. The first kappa shape index (κ1) is 13.2. The van der Waals surface area contributed by atoms with Crippen molar-refractivity contribution in [2.24, 2.45) is 5.18 Å². The van der Waals surface area contributed by atoms with Crippen LogP contribution in [0.5, 0.6) is 11.6 Å². The van der Waals surface area contributed by atoms with Crippen molar-refractivity contribution in [1.29, 1.82) is 0 Å². The van der Waals surface area contributed by atoms with Crippen LogP contribution in [0.3, 0.4) is 0 Å². The van der Waals surface area contributed by atoms with Gasteiger partial charge in [0.25, 0.3) is 0 Å². The van der Waals surface area contributed by atoms with Crippen LogP contribution in [0.1, 0.15) is 0 Å². The molecule has 0 unspecified atom stereocenters. The number of aromatic nitrogens is 2. The summed E-state index contributed by atoms with van der Waals surface area (Å²) >= 11 is 0. The van der Waals surface area contributed by atoms with Crippen molar-refractivity contribution in [3.8, 4) is 22.9 Å². The smallest absolute Gasteiger partial charge is 0.199 e. The van der Waals surface area contributed by atoms with Crippen LogP contribution in [-0.4, -0.2) is 20.2 Å². The van der Waals surface area contributed by atoms with E-state index in [1.165, 1.54) is 12.1 Å². The lowest BCUT2D eigenvalue weighted by atomic mass is 10.1. The zero-order chi connectivity index (χ0) is 16.1. The molecular weight excluding hydrogens is 296 g/mol. The third-order valence-corrected chi connectivity index (χ3v) is 3.90. The molecule has 4 rings (SSSR count). The van der Waals surface area contributed by atoms with E-state index in [-0.39, 0.29) is 17.3 Å². The predicted octanol–water partition coefficient (Wildman–Crippen LogP) is 3.71. The average Bonchev–Trinajstić information content (AvgIpc) is 3.02. The molecule has 0 fully saturated rings.